The van der Waals surface area contributed by atoms with Crippen LogP contribution in [0.2, 0.25) is 0 Å². The molecule has 0 fully saturated rings. The monoisotopic (exact) mass is 421 g/mol. The molecule has 2 aromatic carbocycles. The quantitative estimate of drug-likeness (QED) is 0.517. The number of fused-ring (bicyclic) bond motifs is 1. The van der Waals surface area contributed by atoms with Crippen molar-refractivity contribution in [2.75, 3.05) is 0 Å². The zero-order valence-corrected chi connectivity index (χ0v) is 15.5. The second kappa shape index (κ2) is 6.32. The number of halogens is 3. The number of aromatic nitrogens is 3. The number of nitrogens with zero attached hydrogens (tertiary/aromatic N) is 2. The van der Waals surface area contributed by atoms with Crippen LogP contribution in [-0.2, 0) is 6.18 Å². The van der Waals surface area contributed by atoms with Gasteiger partial charge >= 0.3 is 152 Å². The van der Waals surface area contributed by atoms with Gasteiger partial charge in [0.25, 0.3) is 0 Å². The van der Waals surface area contributed by atoms with Gasteiger partial charge in [-0.25, -0.2) is 0 Å². The van der Waals surface area contributed by atoms with Crippen molar-refractivity contribution in [2.45, 2.75) is 6.18 Å². The second-order valence-electron chi connectivity index (χ2n) is 5.36. The molecule has 0 spiro atoms. The fourth-order valence-electron chi connectivity index (χ4n) is 2.46. The molecule has 0 amide bonds. The van der Waals surface area contributed by atoms with Crippen molar-refractivity contribution in [1.29, 1.82) is 0 Å². The van der Waals surface area contributed by atoms with Gasteiger partial charge in [0.05, 0.1) is 0 Å². The Bertz CT molecular complexity index is 1020. The summed E-state index contributed by atoms with van der Waals surface area (Å²) in [6.45, 7) is 0. The molecule has 0 bridgehead atoms. The van der Waals surface area contributed by atoms with Crippen molar-refractivity contribution >= 4 is 46.3 Å². The van der Waals surface area contributed by atoms with Gasteiger partial charge in [-0.05, 0) is 0 Å². The Morgan fingerprint density at radius 2 is 1.84 bits per heavy atom. The van der Waals surface area contributed by atoms with Crippen LogP contribution in [0.5, 0.6) is 0 Å². The zero-order chi connectivity index (χ0) is 17.4. The van der Waals surface area contributed by atoms with Crippen molar-refractivity contribution in [3.8, 4) is 11.3 Å². The molecule has 2 aromatic heterocycles. The van der Waals surface area contributed by atoms with Crippen LogP contribution in [-0.4, -0.2) is 30.9 Å². The fraction of sp³-hybridized carbons (Fsp3) is 0.0588. The van der Waals surface area contributed by atoms with Gasteiger partial charge in [-0.15, -0.1) is 0 Å². The predicted octanol–water partition coefficient (Wildman–Crippen LogP) is 3.09. The van der Waals surface area contributed by atoms with Gasteiger partial charge in [0.15, 0.2) is 0 Å². The van der Waals surface area contributed by atoms with Crippen molar-refractivity contribution in [2.24, 2.45) is 0 Å². The molecular formula is C17H11AsF3N3S. The normalized spacial score (nSPS) is 12.4. The van der Waals surface area contributed by atoms with E-state index in [0.29, 0.717) is 15.4 Å². The summed E-state index contributed by atoms with van der Waals surface area (Å²) in [5.41, 5.74) is 1.88. The Morgan fingerprint density at radius 1 is 1.04 bits per heavy atom. The summed E-state index contributed by atoms with van der Waals surface area (Å²) in [4.78, 5) is 4.63. The first-order chi connectivity index (χ1) is 12.0. The average molecular weight is 421 g/mol. The molecule has 1 atom stereocenters. The first-order valence-electron chi connectivity index (χ1n) is 7.34. The van der Waals surface area contributed by atoms with Crippen molar-refractivity contribution in [3.63, 3.8) is 0 Å². The molecule has 4 aromatic rings. The van der Waals surface area contributed by atoms with E-state index in [9.17, 15) is 13.2 Å². The average Bonchev–Trinajstić information content (AvgIpc) is 3.22. The number of benzene rings is 2. The summed E-state index contributed by atoms with van der Waals surface area (Å²) in [5, 5.41) is 9.55. The number of thiazole rings is 1. The summed E-state index contributed by atoms with van der Waals surface area (Å²) >= 11 is 0.614. The van der Waals surface area contributed by atoms with Crippen LogP contribution in [0.25, 0.3) is 22.2 Å². The van der Waals surface area contributed by atoms with E-state index in [1.54, 1.807) is 0 Å². The fourth-order valence-corrected chi connectivity index (χ4v) is 6.07. The minimum atomic E-state index is -4.36. The Morgan fingerprint density at radius 3 is 2.60 bits per heavy atom. The van der Waals surface area contributed by atoms with Gasteiger partial charge in [-0.1, -0.05) is 0 Å². The van der Waals surface area contributed by atoms with Crippen molar-refractivity contribution in [1.82, 2.24) is 15.2 Å². The molecule has 2 heterocycles. The molecule has 0 aliphatic rings. The number of hydrogen-bond donors (Lipinski definition) is 1. The van der Waals surface area contributed by atoms with E-state index in [0.717, 1.165) is 21.1 Å². The Kier molecular flexibility index (Phi) is 4.13. The van der Waals surface area contributed by atoms with E-state index in [1.807, 2.05) is 35.7 Å². The van der Waals surface area contributed by atoms with Crippen LogP contribution >= 0.6 is 11.3 Å². The van der Waals surface area contributed by atoms with E-state index in [-0.39, 0.29) is 0 Å². The molecule has 3 nitrogen and oxygen atoms in total. The van der Waals surface area contributed by atoms with Crippen molar-refractivity contribution < 1.29 is 13.2 Å². The van der Waals surface area contributed by atoms with Gasteiger partial charge in [0.1, 0.15) is 0 Å². The third-order valence-electron chi connectivity index (χ3n) is 3.69. The van der Waals surface area contributed by atoms with Crippen LogP contribution in [0, 0.1) is 0 Å². The molecule has 0 saturated heterocycles. The first kappa shape index (κ1) is 16.4. The Labute approximate surface area is 151 Å². The summed E-state index contributed by atoms with van der Waals surface area (Å²) in [5.74, 6) is 0. The maximum atomic E-state index is 12.9. The number of hydrogen-bond acceptors (Lipinski definition) is 3. The van der Waals surface area contributed by atoms with Gasteiger partial charge in [-0.3, -0.25) is 0 Å². The minimum absolute atomic E-state index is 0.534. The van der Waals surface area contributed by atoms with Crippen LogP contribution in [0.15, 0.2) is 53.9 Å². The summed E-state index contributed by atoms with van der Waals surface area (Å²) in [7, 11) is 0. The van der Waals surface area contributed by atoms with Crippen LogP contribution in [0.4, 0.5) is 13.2 Å². The second-order valence-corrected chi connectivity index (χ2v) is 9.49. The van der Waals surface area contributed by atoms with E-state index >= 15 is 0 Å². The molecule has 126 valence electrons. The van der Waals surface area contributed by atoms with E-state index < -0.39 is 27.5 Å². The molecule has 4 rings (SSSR count). The molecular weight excluding hydrogens is 410 g/mol. The maximum absolute atomic E-state index is 12.9. The summed E-state index contributed by atoms with van der Waals surface area (Å²) in [6.07, 6.45) is -4.36. The van der Waals surface area contributed by atoms with Crippen molar-refractivity contribution in [3.05, 3.63) is 59.5 Å². The molecule has 1 N–H and O–H groups in total. The molecule has 1 unspecified atom stereocenters. The Hall–Kier alpha value is -2.11. The van der Waals surface area contributed by atoms with Gasteiger partial charge in [-0.2, -0.15) is 0 Å². The third kappa shape index (κ3) is 3.34. The molecule has 8 heteroatoms. The zero-order valence-electron chi connectivity index (χ0n) is 12.6. The molecule has 25 heavy (non-hydrogen) atoms. The van der Waals surface area contributed by atoms with E-state index in [1.165, 1.54) is 23.5 Å². The van der Waals surface area contributed by atoms with E-state index in [2.05, 4.69) is 15.2 Å². The number of nitrogens with one attached hydrogen (secondary N) is 1. The van der Waals surface area contributed by atoms with Gasteiger partial charge in [0, 0.05) is 0 Å². The Balaban J connectivity index is 1.66. The topological polar surface area (TPSA) is 41.6 Å². The number of alkyl halides is 3. The first-order valence-corrected chi connectivity index (χ1v) is 10.3. The van der Waals surface area contributed by atoms with E-state index in [4.69, 9.17) is 0 Å². The molecule has 0 saturated carbocycles. The summed E-state index contributed by atoms with van der Waals surface area (Å²) in [6, 6.07) is 13.5. The number of aromatic amines is 1. The van der Waals surface area contributed by atoms with Crippen LogP contribution in [0.1, 0.15) is 5.56 Å². The standard InChI is InChI=1S/C17H11AsF3N3S/c19-17(20,21)11-6-7-13-12(8-11)15(24-23-13)18-16-22-14(9-25-16)10-4-2-1-3-5-10/h1-9,18H,(H,23,24). The number of H-pyrrole nitrogens is 1. The molecule has 0 radical (unpaired) electrons. The molecule has 0 aliphatic carbocycles. The summed E-state index contributed by atoms with van der Waals surface area (Å²) < 4.78 is 40.4. The predicted molar refractivity (Wildman–Crippen MR) is 95.1 cm³/mol. The number of rotatable bonds is 3. The van der Waals surface area contributed by atoms with Gasteiger partial charge < -0.3 is 0 Å². The van der Waals surface area contributed by atoms with Crippen LogP contribution < -0.4 is 8.28 Å². The van der Waals surface area contributed by atoms with Gasteiger partial charge in [0.2, 0.25) is 0 Å². The van der Waals surface area contributed by atoms with Crippen LogP contribution in [0.3, 0.4) is 0 Å². The third-order valence-corrected chi connectivity index (χ3v) is 7.60. The molecule has 0 aliphatic heterocycles. The SMILES string of the molecule is FC(F)(F)c1ccc2[nH]nc([AsH]c3nc(-c4ccccc4)cs3)c2c1.